The van der Waals surface area contributed by atoms with Crippen LogP contribution >= 0.6 is 27.3 Å². The molecule has 1 amide bonds. The second-order valence-electron chi connectivity index (χ2n) is 2.98. The maximum absolute atomic E-state index is 11.7. The van der Waals surface area contributed by atoms with Gasteiger partial charge in [0.05, 0.1) is 9.35 Å². The maximum Gasteiger partial charge on any atom is 0.265 e. The lowest BCUT2D eigenvalue weighted by molar-refractivity contribution is 0.103. The number of halogens is 1. The highest BCUT2D eigenvalue weighted by Gasteiger charge is 2.09. The van der Waals surface area contributed by atoms with Gasteiger partial charge in [0.15, 0.2) is 0 Å². The van der Waals surface area contributed by atoms with Crippen molar-refractivity contribution in [3.8, 4) is 0 Å². The zero-order valence-electron chi connectivity index (χ0n) is 7.99. The minimum atomic E-state index is -0.279. The maximum atomic E-state index is 11.7. The second-order valence-corrected chi connectivity index (χ2v) is 4.78. The Hall–Kier alpha value is -1.40. The predicted octanol–water partition coefficient (Wildman–Crippen LogP) is 2.45. The monoisotopic (exact) mass is 298 g/mol. The molecule has 0 radical (unpaired) electrons. The number of thiophene rings is 1. The number of H-pyrrole nitrogens is 1. The van der Waals surface area contributed by atoms with Crippen molar-refractivity contribution < 1.29 is 4.79 Å². The van der Waals surface area contributed by atoms with Crippen LogP contribution in [0, 0.1) is 0 Å². The van der Waals surface area contributed by atoms with Crippen LogP contribution in [-0.2, 0) is 0 Å². The Morgan fingerprint density at radius 3 is 2.94 bits per heavy atom. The SMILES string of the molecule is O=C(Nc1c[nH]cc(Br)c1=O)c1cccs1. The molecule has 0 atom stereocenters. The molecule has 4 nitrogen and oxygen atoms in total. The molecule has 2 aromatic heterocycles. The summed E-state index contributed by atoms with van der Waals surface area (Å²) in [5.74, 6) is -0.279. The first-order chi connectivity index (χ1) is 7.68. The first-order valence-electron chi connectivity index (χ1n) is 4.40. The number of hydrogen-bond donors (Lipinski definition) is 2. The standard InChI is InChI=1S/C10H7BrN2O2S/c11-6-4-12-5-7(9(6)14)13-10(15)8-2-1-3-16-8/h1-5H,(H,12,14)(H,13,15). The molecular formula is C10H7BrN2O2S. The van der Waals surface area contributed by atoms with E-state index < -0.39 is 0 Å². The molecule has 0 saturated heterocycles. The summed E-state index contributed by atoms with van der Waals surface area (Å²) in [5.41, 5.74) is -0.0172. The molecule has 0 fully saturated rings. The summed E-state index contributed by atoms with van der Waals surface area (Å²) in [5, 5.41) is 4.36. The molecule has 2 heterocycles. The molecule has 0 aliphatic carbocycles. The zero-order valence-corrected chi connectivity index (χ0v) is 10.4. The molecule has 82 valence electrons. The Bertz CT molecular complexity index is 562. The zero-order chi connectivity index (χ0) is 11.5. The van der Waals surface area contributed by atoms with Crippen molar-refractivity contribution >= 4 is 38.9 Å². The Morgan fingerprint density at radius 2 is 2.25 bits per heavy atom. The fourth-order valence-electron chi connectivity index (χ4n) is 1.14. The predicted molar refractivity (Wildman–Crippen MR) is 67.0 cm³/mol. The minimum absolute atomic E-state index is 0.229. The van der Waals surface area contributed by atoms with E-state index in [0.717, 1.165) is 0 Å². The van der Waals surface area contributed by atoms with Gasteiger partial charge in [-0.05, 0) is 27.4 Å². The summed E-state index contributed by atoms with van der Waals surface area (Å²) in [4.78, 5) is 26.6. The Morgan fingerprint density at radius 1 is 1.44 bits per heavy atom. The van der Waals surface area contributed by atoms with Gasteiger partial charge in [0.2, 0.25) is 5.43 Å². The molecule has 0 aromatic carbocycles. The molecule has 6 heteroatoms. The van der Waals surface area contributed by atoms with Gasteiger partial charge in [0.1, 0.15) is 5.69 Å². The summed E-state index contributed by atoms with van der Waals surface area (Å²) >= 11 is 4.42. The van der Waals surface area contributed by atoms with E-state index in [1.165, 1.54) is 23.7 Å². The van der Waals surface area contributed by atoms with Crippen molar-refractivity contribution in [2.45, 2.75) is 0 Å². The van der Waals surface area contributed by atoms with E-state index in [9.17, 15) is 9.59 Å². The van der Waals surface area contributed by atoms with Crippen molar-refractivity contribution in [2.75, 3.05) is 5.32 Å². The highest BCUT2D eigenvalue weighted by molar-refractivity contribution is 9.10. The van der Waals surface area contributed by atoms with Crippen LogP contribution in [0.2, 0.25) is 0 Å². The first-order valence-corrected chi connectivity index (χ1v) is 6.07. The van der Waals surface area contributed by atoms with Gasteiger partial charge in [-0.15, -0.1) is 11.3 Å². The summed E-state index contributed by atoms with van der Waals surface area (Å²) in [6, 6.07) is 3.48. The lowest BCUT2D eigenvalue weighted by atomic mass is 10.3. The van der Waals surface area contributed by atoms with E-state index in [1.54, 1.807) is 17.5 Å². The van der Waals surface area contributed by atoms with Gasteiger partial charge in [-0.25, -0.2) is 0 Å². The van der Waals surface area contributed by atoms with E-state index in [-0.39, 0.29) is 17.0 Å². The van der Waals surface area contributed by atoms with Crippen molar-refractivity contribution in [1.29, 1.82) is 0 Å². The fourth-order valence-corrected chi connectivity index (χ4v) is 2.11. The average molecular weight is 299 g/mol. The number of carbonyl (C=O) groups excluding carboxylic acids is 1. The van der Waals surface area contributed by atoms with Crippen molar-refractivity contribution in [3.63, 3.8) is 0 Å². The summed E-state index contributed by atoms with van der Waals surface area (Å²) in [7, 11) is 0. The Kier molecular flexibility index (Phi) is 3.21. The Balaban J connectivity index is 2.25. The number of carbonyl (C=O) groups is 1. The number of anilines is 1. The van der Waals surface area contributed by atoms with E-state index in [1.807, 2.05) is 0 Å². The summed E-state index contributed by atoms with van der Waals surface area (Å²) in [6.07, 6.45) is 2.97. The highest BCUT2D eigenvalue weighted by Crippen LogP contribution is 2.11. The molecular weight excluding hydrogens is 292 g/mol. The minimum Gasteiger partial charge on any atom is -0.365 e. The van der Waals surface area contributed by atoms with Crippen molar-refractivity contribution in [1.82, 2.24) is 4.98 Å². The summed E-state index contributed by atoms with van der Waals surface area (Å²) in [6.45, 7) is 0. The largest absolute Gasteiger partial charge is 0.365 e. The van der Waals surface area contributed by atoms with Gasteiger partial charge < -0.3 is 10.3 Å². The van der Waals surface area contributed by atoms with Crippen molar-refractivity contribution in [3.05, 3.63) is 49.5 Å². The van der Waals surface area contributed by atoms with Crippen LogP contribution < -0.4 is 10.7 Å². The molecule has 0 aliphatic rings. The van der Waals surface area contributed by atoms with Gasteiger partial charge in [-0.2, -0.15) is 0 Å². The number of aromatic amines is 1. The van der Waals surface area contributed by atoms with Crippen LogP contribution in [0.5, 0.6) is 0 Å². The topological polar surface area (TPSA) is 62.0 Å². The number of amides is 1. The molecule has 0 aliphatic heterocycles. The third kappa shape index (κ3) is 2.23. The molecule has 0 saturated carbocycles. The van der Waals surface area contributed by atoms with Crippen LogP contribution in [0.1, 0.15) is 9.67 Å². The lowest BCUT2D eigenvalue weighted by Gasteiger charge is -2.02. The van der Waals surface area contributed by atoms with Gasteiger partial charge >= 0.3 is 0 Å². The highest BCUT2D eigenvalue weighted by atomic mass is 79.9. The molecule has 0 spiro atoms. The number of nitrogens with one attached hydrogen (secondary N) is 2. The lowest BCUT2D eigenvalue weighted by Crippen LogP contribution is -2.17. The third-order valence-corrected chi connectivity index (χ3v) is 3.35. The Labute approximate surface area is 103 Å². The molecule has 2 rings (SSSR count). The third-order valence-electron chi connectivity index (χ3n) is 1.89. The van der Waals surface area contributed by atoms with Crippen LogP contribution in [0.15, 0.2) is 39.2 Å². The van der Waals surface area contributed by atoms with Crippen LogP contribution in [-0.4, -0.2) is 10.9 Å². The smallest absolute Gasteiger partial charge is 0.265 e. The fraction of sp³-hybridized carbons (Fsp3) is 0. The molecule has 2 aromatic rings. The molecule has 2 N–H and O–H groups in total. The molecule has 0 bridgehead atoms. The van der Waals surface area contributed by atoms with E-state index in [4.69, 9.17) is 0 Å². The second kappa shape index (κ2) is 4.63. The number of aromatic nitrogens is 1. The van der Waals surface area contributed by atoms with Crippen LogP contribution in [0.4, 0.5) is 5.69 Å². The van der Waals surface area contributed by atoms with E-state index in [2.05, 4.69) is 26.2 Å². The van der Waals surface area contributed by atoms with Gasteiger partial charge in [-0.3, -0.25) is 9.59 Å². The van der Waals surface area contributed by atoms with E-state index in [0.29, 0.717) is 9.35 Å². The van der Waals surface area contributed by atoms with E-state index >= 15 is 0 Å². The summed E-state index contributed by atoms with van der Waals surface area (Å²) < 4.78 is 0.386. The molecule has 16 heavy (non-hydrogen) atoms. The average Bonchev–Trinajstić information content (AvgIpc) is 2.78. The van der Waals surface area contributed by atoms with Crippen LogP contribution in [0.3, 0.4) is 0 Å². The van der Waals surface area contributed by atoms with Gasteiger partial charge in [0, 0.05) is 12.4 Å². The van der Waals surface area contributed by atoms with Crippen molar-refractivity contribution in [2.24, 2.45) is 0 Å². The van der Waals surface area contributed by atoms with Gasteiger partial charge in [0.25, 0.3) is 5.91 Å². The number of pyridine rings is 1. The molecule has 0 unspecified atom stereocenters. The first kappa shape index (κ1) is 11.1. The normalized spacial score (nSPS) is 10.1. The number of rotatable bonds is 2. The quantitative estimate of drug-likeness (QED) is 0.894. The number of hydrogen-bond acceptors (Lipinski definition) is 3. The van der Waals surface area contributed by atoms with Gasteiger partial charge in [-0.1, -0.05) is 6.07 Å². The van der Waals surface area contributed by atoms with Crippen LogP contribution in [0.25, 0.3) is 0 Å².